The quantitative estimate of drug-likeness (QED) is 0.889. The third kappa shape index (κ3) is 2.08. The molecule has 2 heterocycles. The number of aromatic carboxylic acids is 1. The van der Waals surface area contributed by atoms with Gasteiger partial charge in [0.15, 0.2) is 11.5 Å². The lowest BCUT2D eigenvalue weighted by Crippen LogP contribution is -2.15. The highest BCUT2D eigenvalue weighted by atomic mass is 32.1. The topological polar surface area (TPSA) is 76.2 Å². The van der Waals surface area contributed by atoms with Crippen molar-refractivity contribution >= 4 is 17.3 Å². The van der Waals surface area contributed by atoms with E-state index in [1.165, 1.54) is 11.3 Å². The van der Waals surface area contributed by atoms with Gasteiger partial charge in [-0.05, 0) is 0 Å². The van der Waals surface area contributed by atoms with Gasteiger partial charge in [-0.2, -0.15) is 0 Å². The highest BCUT2D eigenvalue weighted by Crippen LogP contribution is 2.33. The first kappa shape index (κ1) is 11.8. The highest BCUT2D eigenvalue weighted by Gasteiger charge is 2.31. The normalized spacial score (nSPS) is 11.7. The van der Waals surface area contributed by atoms with Crippen molar-refractivity contribution < 1.29 is 14.4 Å². The van der Waals surface area contributed by atoms with Gasteiger partial charge in [0.05, 0.1) is 0 Å². The van der Waals surface area contributed by atoms with Crippen molar-refractivity contribution in [2.24, 2.45) is 0 Å². The van der Waals surface area contributed by atoms with Crippen LogP contribution in [0.5, 0.6) is 0 Å². The van der Waals surface area contributed by atoms with Gasteiger partial charge in [-0.1, -0.05) is 25.9 Å². The summed E-state index contributed by atoms with van der Waals surface area (Å²) in [6.45, 7) is 5.64. The van der Waals surface area contributed by atoms with E-state index in [1.807, 2.05) is 20.8 Å². The Morgan fingerprint density at radius 3 is 2.65 bits per heavy atom. The van der Waals surface area contributed by atoms with E-state index in [9.17, 15) is 9.90 Å². The van der Waals surface area contributed by atoms with E-state index < -0.39 is 11.4 Å². The molecule has 2 aromatic rings. The number of thiazole rings is 1. The van der Waals surface area contributed by atoms with E-state index in [0.29, 0.717) is 16.5 Å². The number of hydrogen-bond acceptors (Lipinski definition) is 5. The summed E-state index contributed by atoms with van der Waals surface area (Å²) >= 11 is 1.33. The average molecular weight is 252 g/mol. The maximum absolute atomic E-state index is 11.3. The predicted molar refractivity (Wildman–Crippen MR) is 63.3 cm³/mol. The smallest absolute Gasteiger partial charge is 0.341 e. The van der Waals surface area contributed by atoms with Crippen molar-refractivity contribution in [1.82, 2.24) is 10.1 Å². The average Bonchev–Trinajstić information content (AvgIpc) is 2.84. The van der Waals surface area contributed by atoms with Crippen molar-refractivity contribution in [3.8, 4) is 10.7 Å². The maximum atomic E-state index is 11.3. The summed E-state index contributed by atoms with van der Waals surface area (Å²) in [6, 6.07) is 0. The molecule has 17 heavy (non-hydrogen) atoms. The number of carbonyl (C=O) groups is 1. The lowest BCUT2D eigenvalue weighted by molar-refractivity contribution is 0.0693. The zero-order valence-corrected chi connectivity index (χ0v) is 10.5. The van der Waals surface area contributed by atoms with Crippen molar-refractivity contribution in [3.05, 3.63) is 22.9 Å². The first-order chi connectivity index (χ1) is 7.91. The molecule has 0 fully saturated rings. The number of rotatable bonds is 2. The van der Waals surface area contributed by atoms with Crippen LogP contribution in [0.4, 0.5) is 0 Å². The Kier molecular flexibility index (Phi) is 2.74. The van der Waals surface area contributed by atoms with Crippen LogP contribution < -0.4 is 0 Å². The van der Waals surface area contributed by atoms with Crippen molar-refractivity contribution in [3.63, 3.8) is 0 Å². The molecule has 0 aliphatic rings. The Balaban J connectivity index is 2.64. The van der Waals surface area contributed by atoms with Gasteiger partial charge in [0.2, 0.25) is 0 Å². The van der Waals surface area contributed by atoms with Crippen LogP contribution in [0.15, 0.2) is 16.1 Å². The fraction of sp³-hybridized carbons (Fsp3) is 0.364. The monoisotopic (exact) mass is 252 g/mol. The van der Waals surface area contributed by atoms with E-state index in [1.54, 1.807) is 11.6 Å². The third-order valence-electron chi connectivity index (χ3n) is 2.22. The molecule has 90 valence electrons. The second-order valence-corrected chi connectivity index (χ2v) is 5.52. The summed E-state index contributed by atoms with van der Waals surface area (Å²) in [5.41, 5.74) is 0.000777. The molecule has 0 unspecified atom stereocenters. The molecule has 0 aromatic carbocycles. The summed E-state index contributed by atoms with van der Waals surface area (Å²) in [4.78, 5) is 15.4. The Morgan fingerprint density at radius 1 is 1.47 bits per heavy atom. The number of hydrogen-bond donors (Lipinski definition) is 1. The first-order valence-corrected chi connectivity index (χ1v) is 5.92. The predicted octanol–water partition coefficient (Wildman–Crippen LogP) is 2.79. The lowest BCUT2D eigenvalue weighted by atomic mass is 9.89. The van der Waals surface area contributed by atoms with E-state index >= 15 is 0 Å². The molecule has 0 atom stereocenters. The van der Waals surface area contributed by atoms with Gasteiger partial charge in [0.1, 0.15) is 10.6 Å². The molecule has 0 aliphatic heterocycles. The minimum atomic E-state index is -1.04. The standard InChI is InChI=1S/C11H12N2O3S/c1-11(2,3)8-6(10(14)15)7(13-16-8)9-12-4-5-17-9/h4-5H,1-3H3,(H,14,15). The van der Waals surface area contributed by atoms with E-state index in [2.05, 4.69) is 10.1 Å². The van der Waals surface area contributed by atoms with Crippen molar-refractivity contribution in [2.75, 3.05) is 0 Å². The Labute approximate surface area is 102 Å². The first-order valence-electron chi connectivity index (χ1n) is 5.04. The molecule has 0 saturated carbocycles. The van der Waals surface area contributed by atoms with Crippen molar-refractivity contribution in [2.45, 2.75) is 26.2 Å². The molecule has 6 heteroatoms. The minimum Gasteiger partial charge on any atom is -0.477 e. The van der Waals surface area contributed by atoms with Crippen LogP contribution >= 0.6 is 11.3 Å². The van der Waals surface area contributed by atoms with Gasteiger partial charge in [-0.3, -0.25) is 0 Å². The molecule has 5 nitrogen and oxygen atoms in total. The molecule has 0 bridgehead atoms. The molecule has 1 N–H and O–H groups in total. The number of carboxylic acids is 1. The summed E-state index contributed by atoms with van der Waals surface area (Å²) < 4.78 is 5.18. The molecular weight excluding hydrogens is 240 g/mol. The molecule has 2 aromatic heterocycles. The Hall–Kier alpha value is -1.69. The van der Waals surface area contributed by atoms with E-state index in [-0.39, 0.29) is 5.56 Å². The molecule has 0 saturated heterocycles. The van der Waals surface area contributed by atoms with Crippen LogP contribution in [0, 0.1) is 0 Å². The fourth-order valence-electron chi connectivity index (χ4n) is 1.49. The zero-order valence-electron chi connectivity index (χ0n) is 9.72. The fourth-order valence-corrected chi connectivity index (χ4v) is 2.11. The zero-order chi connectivity index (χ0) is 12.6. The number of nitrogens with zero attached hydrogens (tertiary/aromatic N) is 2. The van der Waals surface area contributed by atoms with Gasteiger partial charge in [-0.25, -0.2) is 9.78 Å². The molecular formula is C11H12N2O3S. The van der Waals surface area contributed by atoms with Gasteiger partial charge < -0.3 is 9.63 Å². The molecule has 0 radical (unpaired) electrons. The molecule has 0 spiro atoms. The number of carboxylic acid groups (broad SMARTS) is 1. The van der Waals surface area contributed by atoms with Gasteiger partial charge in [0.25, 0.3) is 0 Å². The Morgan fingerprint density at radius 2 is 2.18 bits per heavy atom. The molecule has 0 amide bonds. The SMILES string of the molecule is CC(C)(C)c1onc(-c2nccs2)c1C(=O)O. The lowest BCUT2D eigenvalue weighted by Gasteiger charge is -2.14. The van der Waals surface area contributed by atoms with Crippen molar-refractivity contribution in [1.29, 1.82) is 0 Å². The maximum Gasteiger partial charge on any atom is 0.341 e. The van der Waals surface area contributed by atoms with E-state index in [4.69, 9.17) is 4.52 Å². The number of aromatic nitrogens is 2. The van der Waals surface area contributed by atoms with Crippen LogP contribution in [0.1, 0.15) is 36.9 Å². The van der Waals surface area contributed by atoms with Gasteiger partial charge in [0, 0.05) is 17.0 Å². The Bertz CT molecular complexity index is 538. The summed E-state index contributed by atoms with van der Waals surface area (Å²) in [5, 5.41) is 15.4. The van der Waals surface area contributed by atoms with Crippen LogP contribution in [-0.4, -0.2) is 21.2 Å². The van der Waals surface area contributed by atoms with Gasteiger partial charge >= 0.3 is 5.97 Å². The van der Waals surface area contributed by atoms with Crippen LogP contribution in [0.25, 0.3) is 10.7 Å². The summed E-state index contributed by atoms with van der Waals surface area (Å²) in [5.74, 6) is -0.670. The summed E-state index contributed by atoms with van der Waals surface area (Å²) in [6.07, 6.45) is 1.61. The van der Waals surface area contributed by atoms with Crippen LogP contribution in [-0.2, 0) is 5.41 Å². The van der Waals surface area contributed by atoms with Crippen LogP contribution in [0.3, 0.4) is 0 Å². The van der Waals surface area contributed by atoms with E-state index in [0.717, 1.165) is 0 Å². The molecule has 0 aliphatic carbocycles. The largest absolute Gasteiger partial charge is 0.477 e. The van der Waals surface area contributed by atoms with Crippen LogP contribution in [0.2, 0.25) is 0 Å². The highest BCUT2D eigenvalue weighted by molar-refractivity contribution is 7.13. The second kappa shape index (κ2) is 3.96. The minimum absolute atomic E-state index is 0.104. The van der Waals surface area contributed by atoms with Gasteiger partial charge in [-0.15, -0.1) is 11.3 Å². The summed E-state index contributed by atoms with van der Waals surface area (Å²) in [7, 11) is 0. The second-order valence-electron chi connectivity index (χ2n) is 4.63. The molecule has 2 rings (SSSR count). The third-order valence-corrected chi connectivity index (χ3v) is 3.00.